The fourth-order valence-electron chi connectivity index (χ4n) is 1.84. The Morgan fingerprint density at radius 3 is 2.50 bits per heavy atom. The van der Waals surface area contributed by atoms with E-state index in [1.54, 1.807) is 12.1 Å². The molecule has 0 aliphatic rings. The Kier molecular flexibility index (Phi) is 3.88. The molecule has 2 aromatic rings. The predicted molar refractivity (Wildman–Crippen MR) is 81.6 cm³/mol. The summed E-state index contributed by atoms with van der Waals surface area (Å²) in [6.45, 7) is 5.59. The van der Waals surface area contributed by atoms with Gasteiger partial charge in [0.15, 0.2) is 0 Å². The molecule has 0 radical (unpaired) electrons. The Morgan fingerprint density at radius 1 is 1.40 bits per heavy atom. The van der Waals surface area contributed by atoms with E-state index in [1.165, 1.54) is 4.68 Å². The van der Waals surface area contributed by atoms with Gasteiger partial charge in [0.2, 0.25) is 5.15 Å². The molecular formula is C13H13BrClN3O2. The summed E-state index contributed by atoms with van der Waals surface area (Å²) in [5, 5.41) is 15.6. The van der Waals surface area contributed by atoms with Gasteiger partial charge in [-0.05, 0) is 18.2 Å². The molecule has 1 aromatic heterocycles. The summed E-state index contributed by atoms with van der Waals surface area (Å²) in [7, 11) is 0. The van der Waals surface area contributed by atoms with E-state index in [2.05, 4.69) is 21.0 Å². The van der Waals surface area contributed by atoms with E-state index in [1.807, 2.05) is 32.9 Å². The molecule has 0 aliphatic carbocycles. The Morgan fingerprint density at radius 2 is 2.05 bits per heavy atom. The SMILES string of the molecule is CC(C)(C)c1nn(-c2cccc(Br)c2)c(Cl)c1[N+](=O)[O-]. The third-order valence-corrected chi connectivity index (χ3v) is 3.58. The molecule has 0 saturated carbocycles. The average molecular weight is 359 g/mol. The standard InChI is InChI=1S/C13H13BrClN3O2/c1-13(2,3)11-10(18(19)20)12(15)17(16-11)9-6-4-5-8(14)7-9/h4-7H,1-3H3. The zero-order chi connectivity index (χ0) is 15.1. The Labute approximate surface area is 129 Å². The van der Waals surface area contributed by atoms with Gasteiger partial charge in [-0.3, -0.25) is 10.1 Å². The van der Waals surface area contributed by atoms with Crippen molar-refractivity contribution in [1.29, 1.82) is 0 Å². The fraction of sp³-hybridized carbons (Fsp3) is 0.308. The van der Waals surface area contributed by atoms with Crippen molar-refractivity contribution in [2.24, 2.45) is 0 Å². The zero-order valence-electron chi connectivity index (χ0n) is 11.2. The number of nitrogens with zero attached hydrogens (tertiary/aromatic N) is 3. The number of benzene rings is 1. The molecule has 106 valence electrons. The molecule has 0 amide bonds. The summed E-state index contributed by atoms with van der Waals surface area (Å²) in [4.78, 5) is 10.8. The minimum Gasteiger partial charge on any atom is -0.258 e. The molecule has 0 aliphatic heterocycles. The normalized spacial score (nSPS) is 11.7. The van der Waals surface area contributed by atoms with Crippen molar-refractivity contribution in [3.8, 4) is 5.69 Å². The highest BCUT2D eigenvalue weighted by molar-refractivity contribution is 9.10. The van der Waals surface area contributed by atoms with Gasteiger partial charge in [0.05, 0.1) is 10.6 Å². The molecule has 0 spiro atoms. The first-order valence-corrected chi connectivity index (χ1v) is 7.08. The lowest BCUT2D eigenvalue weighted by atomic mass is 9.91. The average Bonchev–Trinajstić information content (AvgIpc) is 2.66. The fourth-order valence-corrected chi connectivity index (χ4v) is 2.52. The number of nitro groups is 1. The maximum absolute atomic E-state index is 11.3. The van der Waals surface area contributed by atoms with Crippen LogP contribution in [0.2, 0.25) is 5.15 Å². The highest BCUT2D eigenvalue weighted by Gasteiger charge is 2.34. The molecule has 0 fully saturated rings. The van der Waals surface area contributed by atoms with Gasteiger partial charge in [0.25, 0.3) is 0 Å². The first kappa shape index (κ1) is 15.0. The molecule has 5 nitrogen and oxygen atoms in total. The lowest BCUT2D eigenvalue weighted by Gasteiger charge is -2.13. The topological polar surface area (TPSA) is 61.0 Å². The van der Waals surface area contributed by atoms with Crippen LogP contribution in [0, 0.1) is 10.1 Å². The van der Waals surface area contributed by atoms with Crippen LogP contribution >= 0.6 is 27.5 Å². The second-order valence-electron chi connectivity index (χ2n) is 5.39. The Balaban J connectivity index is 2.71. The van der Waals surface area contributed by atoms with Crippen LogP contribution in [-0.2, 0) is 5.41 Å². The number of aromatic nitrogens is 2. The van der Waals surface area contributed by atoms with Crippen molar-refractivity contribution >= 4 is 33.2 Å². The van der Waals surface area contributed by atoms with Crippen molar-refractivity contribution in [3.63, 3.8) is 0 Å². The smallest absolute Gasteiger partial charge is 0.258 e. The van der Waals surface area contributed by atoms with Gasteiger partial charge in [-0.15, -0.1) is 0 Å². The zero-order valence-corrected chi connectivity index (χ0v) is 13.6. The second kappa shape index (κ2) is 5.18. The van der Waals surface area contributed by atoms with Crippen LogP contribution in [0.25, 0.3) is 5.69 Å². The van der Waals surface area contributed by atoms with Crippen molar-refractivity contribution in [3.05, 3.63) is 49.7 Å². The Bertz CT molecular complexity index is 677. The van der Waals surface area contributed by atoms with Gasteiger partial charge in [0, 0.05) is 9.89 Å². The van der Waals surface area contributed by atoms with Gasteiger partial charge in [-0.1, -0.05) is 54.4 Å². The maximum atomic E-state index is 11.3. The molecule has 1 heterocycles. The molecular weight excluding hydrogens is 346 g/mol. The highest BCUT2D eigenvalue weighted by Crippen LogP contribution is 2.37. The molecule has 1 aromatic carbocycles. The maximum Gasteiger partial charge on any atom is 0.330 e. The minimum atomic E-state index is -0.482. The first-order chi connectivity index (χ1) is 9.21. The van der Waals surface area contributed by atoms with Crippen molar-refractivity contribution in [2.45, 2.75) is 26.2 Å². The molecule has 0 atom stereocenters. The number of hydrogen-bond acceptors (Lipinski definition) is 3. The summed E-state index contributed by atoms with van der Waals surface area (Å²) < 4.78 is 2.24. The summed E-state index contributed by atoms with van der Waals surface area (Å²) >= 11 is 9.52. The number of hydrogen-bond donors (Lipinski definition) is 0. The van der Waals surface area contributed by atoms with E-state index in [0.717, 1.165) is 4.47 Å². The van der Waals surface area contributed by atoms with Gasteiger partial charge in [-0.25, -0.2) is 4.68 Å². The van der Waals surface area contributed by atoms with Gasteiger partial charge < -0.3 is 0 Å². The van der Waals surface area contributed by atoms with Crippen LogP contribution in [0.1, 0.15) is 26.5 Å². The van der Waals surface area contributed by atoms with Crippen LogP contribution in [0.15, 0.2) is 28.7 Å². The van der Waals surface area contributed by atoms with E-state index in [0.29, 0.717) is 11.4 Å². The second-order valence-corrected chi connectivity index (χ2v) is 6.66. The van der Waals surface area contributed by atoms with E-state index in [-0.39, 0.29) is 10.8 Å². The van der Waals surface area contributed by atoms with Crippen LogP contribution < -0.4 is 0 Å². The van der Waals surface area contributed by atoms with E-state index < -0.39 is 10.3 Å². The van der Waals surface area contributed by atoms with E-state index in [4.69, 9.17) is 11.6 Å². The first-order valence-electron chi connectivity index (χ1n) is 5.91. The summed E-state index contributed by atoms with van der Waals surface area (Å²) in [5.74, 6) is 0. The number of rotatable bonds is 2. The third-order valence-electron chi connectivity index (χ3n) is 2.75. The largest absolute Gasteiger partial charge is 0.330 e. The molecule has 0 saturated heterocycles. The highest BCUT2D eigenvalue weighted by atomic mass is 79.9. The van der Waals surface area contributed by atoms with Crippen LogP contribution in [0.4, 0.5) is 5.69 Å². The van der Waals surface area contributed by atoms with E-state index >= 15 is 0 Å². The van der Waals surface area contributed by atoms with Crippen LogP contribution in [0.5, 0.6) is 0 Å². The minimum absolute atomic E-state index is 0.0121. The molecule has 0 N–H and O–H groups in total. The van der Waals surface area contributed by atoms with Crippen molar-refractivity contribution in [2.75, 3.05) is 0 Å². The lowest BCUT2D eigenvalue weighted by molar-refractivity contribution is -0.385. The van der Waals surface area contributed by atoms with Crippen LogP contribution in [0.3, 0.4) is 0 Å². The molecule has 0 unspecified atom stereocenters. The van der Waals surface area contributed by atoms with Gasteiger partial charge in [-0.2, -0.15) is 5.10 Å². The molecule has 0 bridgehead atoms. The quantitative estimate of drug-likeness (QED) is 0.587. The monoisotopic (exact) mass is 357 g/mol. The van der Waals surface area contributed by atoms with Crippen molar-refractivity contribution in [1.82, 2.24) is 9.78 Å². The molecule has 2 rings (SSSR count). The summed E-state index contributed by atoms with van der Waals surface area (Å²) in [6, 6.07) is 7.27. The molecule has 20 heavy (non-hydrogen) atoms. The summed E-state index contributed by atoms with van der Waals surface area (Å²) in [5.41, 5.74) is 0.429. The van der Waals surface area contributed by atoms with Gasteiger partial charge in [0.1, 0.15) is 5.69 Å². The van der Waals surface area contributed by atoms with Gasteiger partial charge >= 0.3 is 5.69 Å². The molecule has 7 heteroatoms. The lowest BCUT2D eigenvalue weighted by Crippen LogP contribution is -2.14. The van der Waals surface area contributed by atoms with Crippen LogP contribution in [-0.4, -0.2) is 14.7 Å². The number of halogens is 2. The van der Waals surface area contributed by atoms with Crippen molar-refractivity contribution < 1.29 is 4.92 Å². The van der Waals surface area contributed by atoms with E-state index in [9.17, 15) is 10.1 Å². The predicted octanol–water partition coefficient (Wildman–Crippen LogP) is 4.49. The summed E-state index contributed by atoms with van der Waals surface area (Å²) in [6.07, 6.45) is 0. The third kappa shape index (κ3) is 2.71. The Hall–Kier alpha value is -1.40.